The number of hydrogen-bond acceptors (Lipinski definition) is 9. The number of hydrogen-bond donors (Lipinski definition) is 1. The molecule has 9 heteroatoms. The quantitative estimate of drug-likeness (QED) is 0.802. The molecule has 0 unspecified atom stereocenters. The average molecular weight is 390 g/mol. The van der Waals surface area contributed by atoms with E-state index in [-0.39, 0.29) is 5.78 Å². The zero-order valence-corrected chi connectivity index (χ0v) is 15.9. The molecule has 2 aliphatic rings. The summed E-state index contributed by atoms with van der Waals surface area (Å²) in [6, 6.07) is 3.76. The van der Waals surface area contributed by atoms with E-state index in [4.69, 9.17) is 14.6 Å². The molecular formula is C17H18N4O3S2. The van der Waals surface area contributed by atoms with Gasteiger partial charge in [-0.25, -0.2) is 0 Å². The lowest BCUT2D eigenvalue weighted by molar-refractivity contribution is -0.114. The van der Waals surface area contributed by atoms with Crippen LogP contribution in [0.4, 0.5) is 5.88 Å². The first-order valence-corrected chi connectivity index (χ1v) is 10.1. The van der Waals surface area contributed by atoms with Gasteiger partial charge in [-0.1, -0.05) is 18.7 Å². The van der Waals surface area contributed by atoms with E-state index < -0.39 is 5.92 Å². The van der Waals surface area contributed by atoms with Gasteiger partial charge < -0.3 is 14.1 Å². The molecule has 0 bridgehead atoms. The van der Waals surface area contributed by atoms with Crippen LogP contribution in [0.1, 0.15) is 28.6 Å². The summed E-state index contributed by atoms with van der Waals surface area (Å²) in [6.07, 6.45) is 2.49. The molecule has 4 rings (SSSR count). The fourth-order valence-corrected chi connectivity index (χ4v) is 4.78. The van der Waals surface area contributed by atoms with E-state index in [0.29, 0.717) is 33.9 Å². The highest BCUT2D eigenvalue weighted by molar-refractivity contribution is 8.19. The topological polar surface area (TPSA) is 92.3 Å². The molecule has 0 radical (unpaired) electrons. The Bertz CT molecular complexity index is 867. The predicted octanol–water partition coefficient (Wildman–Crippen LogP) is 2.95. The SMILES string of the molecule is CCc1nnc([C@@H]2C(=N)S/C(=C\c3ccc(N4CCOCC4)o3)C2=O)s1. The molecule has 2 aliphatic heterocycles. The lowest BCUT2D eigenvalue weighted by atomic mass is 10.1. The highest BCUT2D eigenvalue weighted by Crippen LogP contribution is 2.41. The summed E-state index contributed by atoms with van der Waals surface area (Å²) >= 11 is 2.58. The van der Waals surface area contributed by atoms with E-state index in [0.717, 1.165) is 30.4 Å². The summed E-state index contributed by atoms with van der Waals surface area (Å²) in [4.78, 5) is 15.4. The minimum atomic E-state index is -0.627. The third kappa shape index (κ3) is 3.34. The Balaban J connectivity index is 1.53. The van der Waals surface area contributed by atoms with Crippen LogP contribution in [0.5, 0.6) is 0 Å². The summed E-state index contributed by atoms with van der Waals surface area (Å²) in [6.45, 7) is 4.95. The van der Waals surface area contributed by atoms with Crippen molar-refractivity contribution in [2.24, 2.45) is 0 Å². The number of carbonyl (C=O) groups is 1. The fourth-order valence-electron chi connectivity index (χ4n) is 2.84. The molecule has 2 aromatic rings. The van der Waals surface area contributed by atoms with Crippen LogP contribution in [0.15, 0.2) is 21.5 Å². The van der Waals surface area contributed by atoms with Crippen LogP contribution in [0.2, 0.25) is 0 Å². The van der Waals surface area contributed by atoms with Crippen LogP contribution in [0.25, 0.3) is 6.08 Å². The van der Waals surface area contributed by atoms with Crippen molar-refractivity contribution in [1.29, 1.82) is 5.41 Å². The number of Topliss-reactive ketones (excluding diaryl/α,β-unsaturated/α-hetero) is 1. The summed E-state index contributed by atoms with van der Waals surface area (Å²) < 4.78 is 11.2. The van der Waals surface area contributed by atoms with E-state index in [2.05, 4.69) is 15.1 Å². The first-order valence-electron chi connectivity index (χ1n) is 8.42. The Kier molecular flexibility index (Phi) is 4.92. The summed E-state index contributed by atoms with van der Waals surface area (Å²) in [5.74, 6) is 0.655. The van der Waals surface area contributed by atoms with Gasteiger partial charge in [0.05, 0.1) is 23.2 Å². The molecule has 2 fully saturated rings. The van der Waals surface area contributed by atoms with Gasteiger partial charge in [-0.15, -0.1) is 21.5 Å². The number of aryl methyl sites for hydroxylation is 1. The first kappa shape index (κ1) is 17.4. The number of furan rings is 1. The number of morpholine rings is 1. The zero-order valence-electron chi connectivity index (χ0n) is 14.2. The molecule has 0 aliphatic carbocycles. The normalized spacial score (nSPS) is 22.6. The summed E-state index contributed by atoms with van der Waals surface area (Å²) in [7, 11) is 0. The van der Waals surface area contributed by atoms with E-state index in [1.807, 2.05) is 19.1 Å². The van der Waals surface area contributed by atoms with Crippen molar-refractivity contribution in [3.8, 4) is 0 Å². The van der Waals surface area contributed by atoms with Crippen molar-refractivity contribution in [3.63, 3.8) is 0 Å². The van der Waals surface area contributed by atoms with Crippen LogP contribution in [0, 0.1) is 5.41 Å². The summed E-state index contributed by atoms with van der Waals surface area (Å²) in [5.41, 5.74) is 0. The van der Waals surface area contributed by atoms with E-state index >= 15 is 0 Å². The monoisotopic (exact) mass is 390 g/mol. The number of carbonyl (C=O) groups excluding carboxylic acids is 1. The maximum absolute atomic E-state index is 12.8. The Morgan fingerprint density at radius 1 is 1.35 bits per heavy atom. The summed E-state index contributed by atoms with van der Waals surface area (Å²) in [5, 5.41) is 18.1. The lowest BCUT2D eigenvalue weighted by Gasteiger charge is -2.26. The largest absolute Gasteiger partial charge is 0.441 e. The Hall–Kier alpha value is -1.97. The van der Waals surface area contributed by atoms with Crippen LogP contribution >= 0.6 is 23.1 Å². The number of thioether (sulfide) groups is 1. The molecule has 26 heavy (non-hydrogen) atoms. The van der Waals surface area contributed by atoms with Gasteiger partial charge in [0.1, 0.15) is 21.7 Å². The van der Waals surface area contributed by atoms with Crippen LogP contribution in [-0.2, 0) is 16.0 Å². The second-order valence-electron chi connectivity index (χ2n) is 5.94. The minimum Gasteiger partial charge on any atom is -0.441 e. The van der Waals surface area contributed by atoms with Gasteiger partial charge in [0.25, 0.3) is 0 Å². The van der Waals surface area contributed by atoms with Gasteiger partial charge in [-0.3, -0.25) is 10.2 Å². The highest BCUT2D eigenvalue weighted by Gasteiger charge is 2.39. The number of ketones is 1. The Morgan fingerprint density at radius 2 is 2.15 bits per heavy atom. The number of anilines is 1. The van der Waals surface area contributed by atoms with Gasteiger partial charge >= 0.3 is 0 Å². The van der Waals surface area contributed by atoms with Crippen molar-refractivity contribution in [2.45, 2.75) is 19.3 Å². The first-order chi connectivity index (χ1) is 12.7. The number of allylic oxidation sites excluding steroid dienone is 1. The smallest absolute Gasteiger partial charge is 0.196 e. The predicted molar refractivity (Wildman–Crippen MR) is 102 cm³/mol. The molecule has 136 valence electrons. The average Bonchev–Trinajstić information content (AvgIpc) is 3.36. The number of rotatable bonds is 4. The molecule has 7 nitrogen and oxygen atoms in total. The highest BCUT2D eigenvalue weighted by atomic mass is 32.2. The lowest BCUT2D eigenvalue weighted by Crippen LogP contribution is -2.35. The van der Waals surface area contributed by atoms with Gasteiger partial charge in [-0.2, -0.15) is 0 Å². The number of nitrogens with one attached hydrogen (secondary N) is 1. The van der Waals surface area contributed by atoms with Crippen LogP contribution in [-0.4, -0.2) is 47.3 Å². The molecule has 2 aromatic heterocycles. The van der Waals surface area contributed by atoms with E-state index in [1.165, 1.54) is 23.1 Å². The Morgan fingerprint density at radius 3 is 2.88 bits per heavy atom. The second kappa shape index (κ2) is 7.34. The standard InChI is InChI=1S/C17H18N4O3S2/c1-2-12-19-20-17(26-12)14-15(22)11(25-16(14)18)9-10-3-4-13(24-10)21-5-7-23-8-6-21/h3-4,9,14,18H,2,5-8H2,1H3/b11-9-,18-16?/t14-/m0/s1. The zero-order chi connectivity index (χ0) is 18.1. The van der Waals surface area contributed by atoms with Gasteiger partial charge in [0, 0.05) is 19.2 Å². The van der Waals surface area contributed by atoms with Crippen LogP contribution < -0.4 is 4.90 Å². The van der Waals surface area contributed by atoms with Crippen molar-refractivity contribution >= 4 is 45.9 Å². The maximum atomic E-state index is 12.8. The van der Waals surface area contributed by atoms with Gasteiger partial charge in [-0.05, 0) is 18.6 Å². The molecule has 0 saturated carbocycles. The third-order valence-electron chi connectivity index (χ3n) is 4.23. The van der Waals surface area contributed by atoms with Crippen molar-refractivity contribution < 1.29 is 13.9 Å². The fraction of sp³-hybridized carbons (Fsp3) is 0.412. The van der Waals surface area contributed by atoms with Crippen molar-refractivity contribution in [3.05, 3.63) is 32.8 Å². The number of aromatic nitrogens is 2. The molecule has 0 aromatic carbocycles. The van der Waals surface area contributed by atoms with Crippen molar-refractivity contribution in [1.82, 2.24) is 10.2 Å². The maximum Gasteiger partial charge on any atom is 0.196 e. The second-order valence-corrected chi connectivity index (χ2v) is 8.11. The minimum absolute atomic E-state index is 0.108. The van der Waals surface area contributed by atoms with Crippen LogP contribution in [0.3, 0.4) is 0 Å². The molecule has 0 amide bonds. The van der Waals surface area contributed by atoms with E-state index in [9.17, 15) is 4.79 Å². The molecule has 4 heterocycles. The third-order valence-corrected chi connectivity index (χ3v) is 6.35. The van der Waals surface area contributed by atoms with E-state index in [1.54, 1.807) is 6.08 Å². The molecule has 1 N–H and O–H groups in total. The molecule has 1 atom stereocenters. The molecule has 0 spiro atoms. The number of ether oxygens (including phenoxy) is 1. The molecule has 2 saturated heterocycles. The van der Waals surface area contributed by atoms with Crippen molar-refractivity contribution in [2.75, 3.05) is 31.2 Å². The van der Waals surface area contributed by atoms with Gasteiger partial charge in [0.2, 0.25) is 0 Å². The molecular weight excluding hydrogens is 372 g/mol. The van der Waals surface area contributed by atoms with Gasteiger partial charge in [0.15, 0.2) is 11.7 Å². The Labute approximate surface area is 158 Å². The number of nitrogens with zero attached hydrogens (tertiary/aromatic N) is 3.